The molecule has 9 nitrogen and oxygen atoms in total. The van der Waals surface area contributed by atoms with Gasteiger partial charge in [0.05, 0.1) is 40.3 Å². The van der Waals surface area contributed by atoms with Gasteiger partial charge in [-0.25, -0.2) is 0 Å². The number of carbonyl (C=O) groups is 3. The molecule has 0 aliphatic carbocycles. The predicted molar refractivity (Wildman–Crippen MR) is 407 cm³/mol. The first-order chi connectivity index (χ1) is 46.6. The molecule has 0 aliphatic heterocycles. The van der Waals surface area contributed by atoms with Gasteiger partial charge >= 0.3 is 11.9 Å². The number of hydrogen-bond donors (Lipinski definition) is 0. The Labute approximate surface area is 583 Å². The Balaban J connectivity index is 4.19. The van der Waals surface area contributed by atoms with E-state index < -0.39 is 24.3 Å². The molecular weight excluding hydrogens is 1170 g/mol. The minimum atomic E-state index is -1.64. The third-order valence-electron chi connectivity index (χ3n) is 15.6. The van der Waals surface area contributed by atoms with Gasteiger partial charge in [-0.1, -0.05) is 318 Å². The monoisotopic (exact) mass is 1310 g/mol. The summed E-state index contributed by atoms with van der Waals surface area (Å²) in [5, 5.41) is 11.8. The van der Waals surface area contributed by atoms with Crippen LogP contribution in [-0.4, -0.2) is 82.3 Å². The fraction of sp³-hybridized carbons (Fsp3) is 0.616. The van der Waals surface area contributed by atoms with E-state index in [0.29, 0.717) is 17.4 Å². The Hall–Kier alpha value is -5.61. The quantitative estimate of drug-likeness (QED) is 0.0195. The van der Waals surface area contributed by atoms with Gasteiger partial charge in [0.15, 0.2) is 12.4 Å². The van der Waals surface area contributed by atoms with E-state index in [0.717, 1.165) is 135 Å². The highest BCUT2D eigenvalue weighted by atomic mass is 16.7. The number of rotatable bonds is 68. The van der Waals surface area contributed by atoms with Crippen LogP contribution in [0.3, 0.4) is 0 Å². The van der Waals surface area contributed by atoms with Gasteiger partial charge in [-0.2, -0.15) is 0 Å². The number of nitrogens with zero attached hydrogens (tertiary/aromatic N) is 1. The van der Waals surface area contributed by atoms with Crippen molar-refractivity contribution in [2.24, 2.45) is 0 Å². The van der Waals surface area contributed by atoms with Gasteiger partial charge in [0.2, 0.25) is 0 Å². The molecule has 0 heterocycles. The average molecular weight is 1320 g/mol. The van der Waals surface area contributed by atoms with Crippen molar-refractivity contribution >= 4 is 17.9 Å². The lowest BCUT2D eigenvalue weighted by Crippen LogP contribution is -2.44. The summed E-state index contributed by atoms with van der Waals surface area (Å²) in [7, 11) is 5.91. The SMILES string of the molecule is CC/C=C\C/C=C\C/C=C\C/C=C\C/C=C\C/C=C\C/C=C\C/C=C\C/C=C\C/C=C\C/C=C\CCCCCC(=O)OC(COC(=O)CCCCCCCCCCCCCCCCCCCCCC/C=C\C/C=C\C/C=C\C/C=C\CC)COC(OCC[N+](C)(C)C)C(=O)[O-]. The number of ether oxygens (including phenoxy) is 4. The van der Waals surface area contributed by atoms with Gasteiger partial charge in [-0.15, -0.1) is 0 Å². The van der Waals surface area contributed by atoms with E-state index in [4.69, 9.17) is 18.9 Å². The summed E-state index contributed by atoms with van der Waals surface area (Å²) in [6.45, 7) is 4.48. The highest BCUT2D eigenvalue weighted by Crippen LogP contribution is 2.17. The molecule has 0 saturated heterocycles. The van der Waals surface area contributed by atoms with E-state index in [1.54, 1.807) is 0 Å². The number of hydrogen-bond acceptors (Lipinski definition) is 8. The van der Waals surface area contributed by atoms with E-state index in [2.05, 4.69) is 196 Å². The molecule has 0 fully saturated rings. The molecule has 0 radical (unpaired) electrons. The summed E-state index contributed by atoms with van der Waals surface area (Å²) in [4.78, 5) is 37.6. The maximum absolute atomic E-state index is 12.9. The first kappa shape index (κ1) is 89.4. The first-order valence-corrected chi connectivity index (χ1v) is 37.9. The highest BCUT2D eigenvalue weighted by Gasteiger charge is 2.22. The normalized spacial score (nSPS) is 13.7. The van der Waals surface area contributed by atoms with Crippen LogP contribution >= 0.6 is 0 Å². The lowest BCUT2D eigenvalue weighted by Gasteiger charge is -2.26. The predicted octanol–water partition coefficient (Wildman–Crippen LogP) is 23.0. The second-order valence-corrected chi connectivity index (χ2v) is 25.8. The van der Waals surface area contributed by atoms with Gasteiger partial charge < -0.3 is 33.3 Å². The maximum Gasteiger partial charge on any atom is 0.306 e. The van der Waals surface area contributed by atoms with Gasteiger partial charge in [0, 0.05) is 12.8 Å². The van der Waals surface area contributed by atoms with Gasteiger partial charge in [0.25, 0.3) is 0 Å². The largest absolute Gasteiger partial charge is 0.545 e. The van der Waals surface area contributed by atoms with Crippen molar-refractivity contribution in [3.8, 4) is 0 Å². The molecule has 9 heteroatoms. The summed E-state index contributed by atoms with van der Waals surface area (Å²) in [6, 6.07) is 0. The molecule has 95 heavy (non-hydrogen) atoms. The molecule has 0 amide bonds. The van der Waals surface area contributed by atoms with Gasteiger partial charge in [-0.3, -0.25) is 9.59 Å². The number of carboxylic acids is 1. The summed E-state index contributed by atoms with van der Waals surface area (Å²) in [5.41, 5.74) is 0. The zero-order chi connectivity index (χ0) is 69.0. The van der Waals surface area contributed by atoms with Crippen molar-refractivity contribution in [1.82, 2.24) is 0 Å². The number of quaternary nitrogens is 1. The summed E-state index contributed by atoms with van der Waals surface area (Å²) >= 11 is 0. The number of carbonyl (C=O) groups excluding carboxylic acids is 3. The van der Waals surface area contributed by atoms with Gasteiger partial charge in [0.1, 0.15) is 13.2 Å². The third kappa shape index (κ3) is 75.6. The topological polar surface area (TPSA) is 111 Å². The Morgan fingerprint density at radius 3 is 0.853 bits per heavy atom. The summed E-state index contributed by atoms with van der Waals surface area (Å²) in [6.07, 6.45) is 110. The van der Waals surface area contributed by atoms with Gasteiger partial charge in [-0.05, 0) is 135 Å². The Morgan fingerprint density at radius 1 is 0.316 bits per heavy atom. The van der Waals surface area contributed by atoms with Crippen LogP contribution in [0.4, 0.5) is 0 Å². The highest BCUT2D eigenvalue weighted by molar-refractivity contribution is 5.70. The fourth-order valence-electron chi connectivity index (χ4n) is 9.95. The van der Waals surface area contributed by atoms with E-state index >= 15 is 0 Å². The van der Waals surface area contributed by atoms with Crippen molar-refractivity contribution in [3.63, 3.8) is 0 Å². The Bertz CT molecular complexity index is 2220. The number of aliphatic carboxylic acids is 1. The van der Waals surface area contributed by atoms with Crippen LogP contribution in [0.15, 0.2) is 182 Å². The van der Waals surface area contributed by atoms with E-state index in [1.165, 1.54) is 116 Å². The van der Waals surface area contributed by atoms with Crippen LogP contribution in [0, 0.1) is 0 Å². The van der Waals surface area contributed by atoms with Crippen molar-refractivity contribution < 1.29 is 42.9 Å². The van der Waals surface area contributed by atoms with Crippen LogP contribution in [0.1, 0.15) is 284 Å². The molecule has 0 rings (SSSR count). The Kier molecular flexibility index (Phi) is 69.8. The molecule has 2 unspecified atom stereocenters. The average Bonchev–Trinajstić information content (AvgIpc) is 3.75. The Morgan fingerprint density at radius 2 is 0.568 bits per heavy atom. The van der Waals surface area contributed by atoms with E-state index in [1.807, 2.05) is 21.1 Å². The number of carboxylic acid groups (broad SMARTS) is 1. The van der Waals surface area contributed by atoms with Crippen LogP contribution in [0.2, 0.25) is 0 Å². The first-order valence-electron chi connectivity index (χ1n) is 37.9. The zero-order valence-electron chi connectivity index (χ0n) is 61.2. The molecule has 0 spiro atoms. The molecule has 0 aromatic carbocycles. The minimum Gasteiger partial charge on any atom is -0.545 e. The molecule has 0 saturated carbocycles. The molecule has 0 aromatic heterocycles. The molecule has 2 atom stereocenters. The summed E-state index contributed by atoms with van der Waals surface area (Å²) < 4.78 is 22.8. The van der Waals surface area contributed by atoms with Crippen LogP contribution in [-0.2, 0) is 33.3 Å². The van der Waals surface area contributed by atoms with Crippen LogP contribution < -0.4 is 5.11 Å². The number of likely N-dealkylation sites (N-methyl/N-ethyl adjacent to an activating group) is 1. The standard InChI is InChI=1S/C86H139NO8/c1-6-8-10-12-14-16-18-20-22-24-26-28-30-32-34-36-38-40-41-42-43-45-47-49-51-53-55-57-59-61-63-65-67-69-71-73-75-77-84(89)95-82(81-94-86(85(90)91)92-79-78-87(3,4)5)80-93-83(88)76-74-72-70-68-66-64-62-60-58-56-54-52-50-48-46-44-39-37-35-33-31-29-27-25-23-21-19-17-15-13-11-9-7-2/h8-11,14-17,20-23,26-29,32,34,38,40,42-43,47,49,53,55,59,61,65,67,82,86H,6-7,12-13,18-19,24-25,30-31,33,35-37,39,41,44-46,48,50-52,54,56-58,60,62-64,66,68-81H2,1-5H3/b10-8-,11-9-,16-14-,17-15-,22-20-,23-21-,28-26-,29-27-,34-32-,40-38-,43-42-,49-47-,55-53-,61-59-,67-65-. The van der Waals surface area contributed by atoms with E-state index in [-0.39, 0.29) is 38.6 Å². The van der Waals surface area contributed by atoms with Crippen molar-refractivity contribution in [3.05, 3.63) is 182 Å². The van der Waals surface area contributed by atoms with Crippen molar-refractivity contribution in [1.29, 1.82) is 0 Å². The fourth-order valence-corrected chi connectivity index (χ4v) is 9.95. The molecule has 0 aliphatic rings. The molecule has 0 N–H and O–H groups in total. The maximum atomic E-state index is 12.9. The van der Waals surface area contributed by atoms with Crippen molar-refractivity contribution in [2.75, 3.05) is 47.5 Å². The van der Waals surface area contributed by atoms with E-state index in [9.17, 15) is 19.5 Å². The second-order valence-electron chi connectivity index (χ2n) is 25.8. The smallest absolute Gasteiger partial charge is 0.306 e. The van der Waals surface area contributed by atoms with Crippen LogP contribution in [0.25, 0.3) is 0 Å². The van der Waals surface area contributed by atoms with Crippen molar-refractivity contribution in [2.45, 2.75) is 296 Å². The third-order valence-corrected chi connectivity index (χ3v) is 15.6. The number of allylic oxidation sites excluding steroid dienone is 30. The lowest BCUT2D eigenvalue weighted by atomic mass is 10.0. The molecule has 536 valence electrons. The molecule has 0 aromatic rings. The zero-order valence-corrected chi connectivity index (χ0v) is 61.2. The second kappa shape index (κ2) is 74.2. The minimum absolute atomic E-state index is 0.133. The molecule has 0 bridgehead atoms. The number of unbranched alkanes of at least 4 members (excludes halogenated alkanes) is 23. The summed E-state index contributed by atoms with van der Waals surface area (Å²) in [5.74, 6) is -2.34. The number of esters is 2. The lowest BCUT2D eigenvalue weighted by molar-refractivity contribution is -0.870. The van der Waals surface area contributed by atoms with Crippen LogP contribution in [0.5, 0.6) is 0 Å². The molecular formula is C86H139NO8.